The van der Waals surface area contributed by atoms with E-state index in [1.54, 1.807) is 22.5 Å². The third-order valence-corrected chi connectivity index (χ3v) is 5.94. The molecule has 1 fully saturated rings. The van der Waals surface area contributed by atoms with Crippen molar-refractivity contribution in [3.05, 3.63) is 40.8 Å². The Morgan fingerprint density at radius 2 is 1.59 bits per heavy atom. The SMILES string of the molecule is O=c1ccc2cc(S(=O)(=O)N3CCCCCCC3)ccc2o1. The van der Waals surface area contributed by atoms with Crippen LogP contribution < -0.4 is 5.63 Å². The van der Waals surface area contributed by atoms with Crippen LogP contribution in [0.2, 0.25) is 0 Å². The zero-order valence-corrected chi connectivity index (χ0v) is 13.1. The van der Waals surface area contributed by atoms with E-state index in [9.17, 15) is 13.2 Å². The summed E-state index contributed by atoms with van der Waals surface area (Å²) in [5, 5.41) is 0.618. The Hall–Kier alpha value is -1.66. The van der Waals surface area contributed by atoms with Crippen molar-refractivity contribution in [2.45, 2.75) is 37.0 Å². The van der Waals surface area contributed by atoms with Crippen LogP contribution in [0.15, 0.2) is 44.4 Å². The van der Waals surface area contributed by atoms with Crippen LogP contribution in [0.4, 0.5) is 0 Å². The van der Waals surface area contributed by atoms with Crippen molar-refractivity contribution >= 4 is 21.0 Å². The van der Waals surface area contributed by atoms with Crippen LogP contribution in [0, 0.1) is 0 Å². The Morgan fingerprint density at radius 1 is 0.909 bits per heavy atom. The van der Waals surface area contributed by atoms with Crippen LogP contribution in [-0.2, 0) is 10.0 Å². The Labute approximate surface area is 129 Å². The first-order valence-electron chi connectivity index (χ1n) is 7.61. The lowest BCUT2D eigenvalue weighted by atomic mass is 10.1. The van der Waals surface area contributed by atoms with Gasteiger partial charge in [0, 0.05) is 24.5 Å². The summed E-state index contributed by atoms with van der Waals surface area (Å²) in [5.41, 5.74) is -0.0361. The molecule has 1 aromatic carbocycles. The number of hydrogen-bond donors (Lipinski definition) is 0. The van der Waals surface area contributed by atoms with Gasteiger partial charge < -0.3 is 4.42 Å². The second-order valence-electron chi connectivity index (χ2n) is 5.63. The highest BCUT2D eigenvalue weighted by atomic mass is 32.2. The van der Waals surface area contributed by atoms with Gasteiger partial charge in [-0.15, -0.1) is 0 Å². The van der Waals surface area contributed by atoms with Gasteiger partial charge in [0.1, 0.15) is 5.58 Å². The summed E-state index contributed by atoms with van der Waals surface area (Å²) in [5.74, 6) is 0. The summed E-state index contributed by atoms with van der Waals surface area (Å²) >= 11 is 0. The first-order chi connectivity index (χ1) is 10.6. The number of fused-ring (bicyclic) bond motifs is 1. The quantitative estimate of drug-likeness (QED) is 0.798. The smallest absolute Gasteiger partial charge is 0.336 e. The van der Waals surface area contributed by atoms with Crippen LogP contribution in [0.1, 0.15) is 32.1 Å². The minimum absolute atomic E-state index is 0.259. The zero-order chi connectivity index (χ0) is 15.6. The van der Waals surface area contributed by atoms with Gasteiger partial charge in [-0.3, -0.25) is 0 Å². The molecular weight excluding hydrogens is 302 g/mol. The second-order valence-corrected chi connectivity index (χ2v) is 7.56. The van der Waals surface area contributed by atoms with Crippen molar-refractivity contribution in [3.63, 3.8) is 0 Å². The third-order valence-electron chi connectivity index (χ3n) is 4.04. The van der Waals surface area contributed by atoms with Crippen molar-refractivity contribution in [3.8, 4) is 0 Å². The molecule has 0 spiro atoms. The van der Waals surface area contributed by atoms with Gasteiger partial charge in [0.15, 0.2) is 0 Å². The first-order valence-corrected chi connectivity index (χ1v) is 9.05. The molecule has 0 radical (unpaired) electrons. The molecule has 6 heteroatoms. The van der Waals surface area contributed by atoms with E-state index in [1.165, 1.54) is 18.6 Å². The number of benzene rings is 1. The van der Waals surface area contributed by atoms with Gasteiger partial charge >= 0.3 is 5.63 Å². The standard InChI is InChI=1S/C16H19NO4S/c18-16-9-6-13-12-14(7-8-15(13)21-16)22(19,20)17-10-4-2-1-3-5-11-17/h6-9,12H,1-5,10-11H2. The molecule has 118 valence electrons. The molecule has 1 aromatic heterocycles. The van der Waals surface area contributed by atoms with E-state index in [4.69, 9.17) is 4.42 Å². The Balaban J connectivity index is 1.96. The van der Waals surface area contributed by atoms with Gasteiger partial charge in [0.25, 0.3) is 0 Å². The van der Waals surface area contributed by atoms with Gasteiger partial charge in [-0.1, -0.05) is 19.3 Å². The molecule has 0 aliphatic carbocycles. The number of nitrogens with zero attached hydrogens (tertiary/aromatic N) is 1. The third kappa shape index (κ3) is 3.08. The lowest BCUT2D eigenvalue weighted by molar-refractivity contribution is 0.364. The minimum atomic E-state index is -3.49. The largest absolute Gasteiger partial charge is 0.423 e. The summed E-state index contributed by atoms with van der Waals surface area (Å²) in [4.78, 5) is 11.4. The van der Waals surface area contributed by atoms with Crippen LogP contribution in [-0.4, -0.2) is 25.8 Å². The molecule has 1 aliphatic heterocycles. The van der Waals surface area contributed by atoms with Crippen LogP contribution >= 0.6 is 0 Å². The average Bonchev–Trinajstić information content (AvgIpc) is 2.45. The molecular formula is C16H19NO4S. The van der Waals surface area contributed by atoms with Crippen LogP contribution in [0.5, 0.6) is 0 Å². The van der Waals surface area contributed by atoms with Crippen molar-refractivity contribution in [1.29, 1.82) is 0 Å². The fourth-order valence-electron chi connectivity index (χ4n) is 2.82. The molecule has 0 atom stereocenters. The van der Waals surface area contributed by atoms with Gasteiger partial charge in [-0.25, -0.2) is 13.2 Å². The lowest BCUT2D eigenvalue weighted by Crippen LogP contribution is -2.33. The molecule has 0 amide bonds. The molecule has 22 heavy (non-hydrogen) atoms. The molecule has 5 nitrogen and oxygen atoms in total. The Morgan fingerprint density at radius 3 is 2.32 bits per heavy atom. The highest BCUT2D eigenvalue weighted by molar-refractivity contribution is 7.89. The fraction of sp³-hybridized carbons (Fsp3) is 0.438. The second kappa shape index (κ2) is 6.22. The van der Waals surface area contributed by atoms with Crippen molar-refractivity contribution < 1.29 is 12.8 Å². The maximum atomic E-state index is 12.8. The fourth-order valence-corrected chi connectivity index (χ4v) is 4.37. The van der Waals surface area contributed by atoms with Crippen LogP contribution in [0.3, 0.4) is 0 Å². The van der Waals surface area contributed by atoms with Crippen LogP contribution in [0.25, 0.3) is 11.0 Å². The van der Waals surface area contributed by atoms with Crippen molar-refractivity contribution in [1.82, 2.24) is 4.31 Å². The van der Waals surface area contributed by atoms with E-state index < -0.39 is 15.6 Å². The number of rotatable bonds is 2. The molecule has 1 aliphatic rings. The highest BCUT2D eigenvalue weighted by Gasteiger charge is 2.24. The number of hydrogen-bond acceptors (Lipinski definition) is 4. The lowest BCUT2D eigenvalue weighted by Gasteiger charge is -2.24. The molecule has 2 aromatic rings. The topological polar surface area (TPSA) is 67.6 Å². The first kappa shape index (κ1) is 15.2. The van der Waals surface area contributed by atoms with Gasteiger partial charge in [0.2, 0.25) is 10.0 Å². The van der Waals surface area contributed by atoms with E-state index in [2.05, 4.69) is 0 Å². The predicted molar refractivity (Wildman–Crippen MR) is 84.3 cm³/mol. The summed E-state index contributed by atoms with van der Waals surface area (Å²) < 4.78 is 32.2. The molecule has 0 bridgehead atoms. The van der Waals surface area contributed by atoms with E-state index in [1.807, 2.05) is 0 Å². The van der Waals surface area contributed by atoms with Gasteiger partial charge in [0.05, 0.1) is 4.90 Å². The summed E-state index contributed by atoms with van der Waals surface area (Å²) in [6, 6.07) is 7.53. The van der Waals surface area contributed by atoms with E-state index >= 15 is 0 Å². The Kier molecular flexibility index (Phi) is 4.31. The zero-order valence-electron chi connectivity index (χ0n) is 12.3. The van der Waals surface area contributed by atoms with Crippen molar-refractivity contribution in [2.75, 3.05) is 13.1 Å². The molecule has 0 N–H and O–H groups in total. The maximum Gasteiger partial charge on any atom is 0.336 e. The molecule has 1 saturated heterocycles. The average molecular weight is 321 g/mol. The van der Waals surface area contributed by atoms with E-state index in [-0.39, 0.29) is 4.90 Å². The number of sulfonamides is 1. The summed E-state index contributed by atoms with van der Waals surface area (Å²) in [6.45, 7) is 1.15. The molecule has 2 heterocycles. The predicted octanol–water partition coefficient (Wildman–Crippen LogP) is 2.75. The van der Waals surface area contributed by atoms with Gasteiger partial charge in [-0.2, -0.15) is 4.31 Å². The normalized spacial score (nSPS) is 18.0. The summed E-state index contributed by atoms with van der Waals surface area (Å²) in [6.07, 6.45) is 5.15. The van der Waals surface area contributed by atoms with E-state index in [0.29, 0.717) is 24.1 Å². The summed E-state index contributed by atoms with van der Waals surface area (Å²) in [7, 11) is -3.49. The van der Waals surface area contributed by atoms with Crippen molar-refractivity contribution in [2.24, 2.45) is 0 Å². The monoisotopic (exact) mass is 321 g/mol. The highest BCUT2D eigenvalue weighted by Crippen LogP contribution is 2.23. The van der Waals surface area contributed by atoms with E-state index in [0.717, 1.165) is 25.7 Å². The molecule has 3 rings (SSSR count). The Bertz CT molecular complexity index is 817. The maximum absolute atomic E-state index is 12.8. The molecule has 0 saturated carbocycles. The minimum Gasteiger partial charge on any atom is -0.423 e. The molecule has 0 unspecified atom stereocenters. The van der Waals surface area contributed by atoms with Gasteiger partial charge in [-0.05, 0) is 37.1 Å².